The highest BCUT2D eigenvalue weighted by atomic mass is 16.5. The third-order valence-corrected chi connectivity index (χ3v) is 3.97. The van der Waals surface area contributed by atoms with Gasteiger partial charge in [-0.05, 0) is 36.3 Å². The van der Waals surface area contributed by atoms with Crippen LogP contribution in [-0.4, -0.2) is 32.2 Å². The van der Waals surface area contributed by atoms with E-state index in [1.54, 1.807) is 0 Å². The molecule has 0 aromatic heterocycles. The van der Waals surface area contributed by atoms with Gasteiger partial charge in [0.2, 0.25) is 5.91 Å². The van der Waals surface area contributed by atoms with Crippen LogP contribution in [-0.2, 0) is 16.0 Å². The Kier molecular flexibility index (Phi) is 4.33. The molecular formula is C16H22N2O2. The van der Waals surface area contributed by atoms with Gasteiger partial charge in [-0.15, -0.1) is 0 Å². The van der Waals surface area contributed by atoms with Crippen LogP contribution < -0.4 is 10.6 Å². The highest BCUT2D eigenvalue weighted by Gasteiger charge is 2.25. The van der Waals surface area contributed by atoms with Crippen LogP contribution in [0.3, 0.4) is 0 Å². The zero-order valence-electron chi connectivity index (χ0n) is 11.7. The first-order valence-corrected chi connectivity index (χ1v) is 7.51. The molecule has 108 valence electrons. The molecule has 2 N–H and O–H groups in total. The molecule has 4 nitrogen and oxygen atoms in total. The quantitative estimate of drug-likeness (QED) is 0.771. The molecule has 1 aromatic rings. The van der Waals surface area contributed by atoms with E-state index in [0.717, 1.165) is 31.1 Å². The van der Waals surface area contributed by atoms with Crippen LogP contribution in [0.5, 0.6) is 0 Å². The SMILES string of the molecule is O=C(NCCOCC1CC1)C1NCCc2ccccc21. The molecule has 1 aromatic carbocycles. The summed E-state index contributed by atoms with van der Waals surface area (Å²) in [5.74, 6) is 0.824. The number of benzene rings is 1. The average Bonchev–Trinajstić information content (AvgIpc) is 3.30. The van der Waals surface area contributed by atoms with E-state index in [1.807, 2.05) is 18.2 Å². The second-order valence-corrected chi connectivity index (χ2v) is 5.65. The minimum absolute atomic E-state index is 0.0483. The van der Waals surface area contributed by atoms with Crippen LogP contribution in [0.15, 0.2) is 24.3 Å². The lowest BCUT2D eigenvalue weighted by atomic mass is 9.94. The summed E-state index contributed by atoms with van der Waals surface area (Å²) in [5, 5.41) is 6.25. The first-order valence-electron chi connectivity index (χ1n) is 7.51. The van der Waals surface area contributed by atoms with Crippen LogP contribution >= 0.6 is 0 Å². The van der Waals surface area contributed by atoms with Gasteiger partial charge in [0, 0.05) is 19.7 Å². The Morgan fingerprint density at radius 1 is 1.35 bits per heavy atom. The molecule has 1 amide bonds. The van der Waals surface area contributed by atoms with Gasteiger partial charge in [0.05, 0.1) is 6.61 Å². The molecule has 0 bridgehead atoms. The Labute approximate surface area is 119 Å². The second-order valence-electron chi connectivity index (χ2n) is 5.65. The van der Waals surface area contributed by atoms with E-state index in [1.165, 1.54) is 18.4 Å². The molecule has 1 unspecified atom stereocenters. The molecule has 20 heavy (non-hydrogen) atoms. The van der Waals surface area contributed by atoms with Gasteiger partial charge in [-0.3, -0.25) is 4.79 Å². The lowest BCUT2D eigenvalue weighted by Gasteiger charge is -2.26. The smallest absolute Gasteiger partial charge is 0.241 e. The van der Waals surface area contributed by atoms with Crippen molar-refractivity contribution in [3.63, 3.8) is 0 Å². The number of nitrogens with one attached hydrogen (secondary N) is 2. The van der Waals surface area contributed by atoms with Gasteiger partial charge in [-0.2, -0.15) is 0 Å². The number of carbonyl (C=O) groups is 1. The van der Waals surface area contributed by atoms with Crippen molar-refractivity contribution in [2.45, 2.75) is 25.3 Å². The maximum Gasteiger partial charge on any atom is 0.241 e. The molecule has 4 heteroatoms. The summed E-state index contributed by atoms with van der Waals surface area (Å²) >= 11 is 0. The zero-order chi connectivity index (χ0) is 13.8. The summed E-state index contributed by atoms with van der Waals surface area (Å²) in [5.41, 5.74) is 2.38. The van der Waals surface area contributed by atoms with Crippen LogP contribution in [0, 0.1) is 5.92 Å². The predicted molar refractivity (Wildman–Crippen MR) is 77.4 cm³/mol. The Morgan fingerprint density at radius 2 is 2.20 bits per heavy atom. The second kappa shape index (κ2) is 6.37. The van der Waals surface area contributed by atoms with Crippen molar-refractivity contribution in [1.82, 2.24) is 10.6 Å². The molecule has 3 rings (SSSR count). The molecule has 2 aliphatic rings. The maximum absolute atomic E-state index is 12.2. The number of amides is 1. The van der Waals surface area contributed by atoms with Crippen molar-refractivity contribution >= 4 is 5.91 Å². The van der Waals surface area contributed by atoms with Gasteiger partial charge in [0.1, 0.15) is 6.04 Å². The van der Waals surface area contributed by atoms with E-state index in [2.05, 4.69) is 16.7 Å². The number of fused-ring (bicyclic) bond motifs is 1. The predicted octanol–water partition coefficient (Wildman–Crippen LogP) is 1.42. The maximum atomic E-state index is 12.2. The van der Waals surface area contributed by atoms with E-state index in [4.69, 9.17) is 4.74 Å². The van der Waals surface area contributed by atoms with E-state index in [9.17, 15) is 4.79 Å². The molecule has 1 fully saturated rings. The minimum Gasteiger partial charge on any atom is -0.379 e. The summed E-state index contributed by atoms with van der Waals surface area (Å²) in [6.45, 7) is 2.90. The first-order chi connectivity index (χ1) is 9.84. The van der Waals surface area contributed by atoms with Gasteiger partial charge >= 0.3 is 0 Å². The highest BCUT2D eigenvalue weighted by molar-refractivity contribution is 5.83. The summed E-state index contributed by atoms with van der Waals surface area (Å²) < 4.78 is 5.53. The molecule has 1 aliphatic heterocycles. The molecule has 1 heterocycles. The first kappa shape index (κ1) is 13.6. The Balaban J connectivity index is 1.47. The molecule has 1 saturated carbocycles. The Morgan fingerprint density at radius 3 is 3.05 bits per heavy atom. The molecule has 0 spiro atoms. The van der Waals surface area contributed by atoms with Gasteiger partial charge in [0.15, 0.2) is 0 Å². The summed E-state index contributed by atoms with van der Waals surface area (Å²) in [7, 11) is 0. The highest BCUT2D eigenvalue weighted by Crippen LogP contribution is 2.28. The fourth-order valence-corrected chi connectivity index (χ4v) is 2.62. The zero-order valence-corrected chi connectivity index (χ0v) is 11.7. The van der Waals surface area contributed by atoms with E-state index in [-0.39, 0.29) is 11.9 Å². The van der Waals surface area contributed by atoms with Crippen molar-refractivity contribution in [3.05, 3.63) is 35.4 Å². The normalized spacial score (nSPS) is 21.3. The van der Waals surface area contributed by atoms with Crippen LogP contribution in [0.1, 0.15) is 30.0 Å². The average molecular weight is 274 g/mol. The summed E-state index contributed by atoms with van der Waals surface area (Å²) in [6, 6.07) is 7.95. The van der Waals surface area contributed by atoms with Gasteiger partial charge in [0.25, 0.3) is 0 Å². The lowest BCUT2D eigenvalue weighted by Crippen LogP contribution is -2.42. The minimum atomic E-state index is -0.219. The third-order valence-electron chi connectivity index (χ3n) is 3.97. The van der Waals surface area contributed by atoms with Crippen LogP contribution in [0.2, 0.25) is 0 Å². The van der Waals surface area contributed by atoms with Gasteiger partial charge in [-0.1, -0.05) is 24.3 Å². The number of rotatable bonds is 6. The van der Waals surface area contributed by atoms with Gasteiger partial charge in [-0.25, -0.2) is 0 Å². The molecular weight excluding hydrogens is 252 g/mol. The van der Waals surface area contributed by atoms with E-state index in [0.29, 0.717) is 13.2 Å². The molecule has 1 atom stereocenters. The fraction of sp³-hybridized carbons (Fsp3) is 0.562. The van der Waals surface area contributed by atoms with Crippen molar-refractivity contribution in [2.75, 3.05) is 26.3 Å². The van der Waals surface area contributed by atoms with Crippen LogP contribution in [0.4, 0.5) is 0 Å². The number of hydrogen-bond donors (Lipinski definition) is 2. The molecule has 0 radical (unpaired) electrons. The Bertz CT molecular complexity index is 471. The Hall–Kier alpha value is -1.39. The van der Waals surface area contributed by atoms with Crippen LogP contribution in [0.25, 0.3) is 0 Å². The summed E-state index contributed by atoms with van der Waals surface area (Å²) in [6.07, 6.45) is 3.59. The summed E-state index contributed by atoms with van der Waals surface area (Å²) in [4.78, 5) is 12.2. The van der Waals surface area contributed by atoms with Crippen molar-refractivity contribution in [2.24, 2.45) is 5.92 Å². The number of hydrogen-bond acceptors (Lipinski definition) is 3. The topological polar surface area (TPSA) is 50.4 Å². The molecule has 1 aliphatic carbocycles. The van der Waals surface area contributed by atoms with Crippen molar-refractivity contribution in [1.29, 1.82) is 0 Å². The molecule has 0 saturated heterocycles. The van der Waals surface area contributed by atoms with E-state index < -0.39 is 0 Å². The lowest BCUT2D eigenvalue weighted by molar-refractivity contribution is -0.123. The van der Waals surface area contributed by atoms with Crippen molar-refractivity contribution < 1.29 is 9.53 Å². The largest absolute Gasteiger partial charge is 0.379 e. The fourth-order valence-electron chi connectivity index (χ4n) is 2.62. The monoisotopic (exact) mass is 274 g/mol. The standard InChI is InChI=1S/C16H22N2O2/c19-16(18-9-10-20-11-12-5-6-12)15-14-4-2-1-3-13(14)7-8-17-15/h1-4,12,15,17H,5-11H2,(H,18,19). The number of carbonyl (C=O) groups excluding carboxylic acids is 1. The third kappa shape index (κ3) is 3.38. The number of ether oxygens (including phenoxy) is 1. The van der Waals surface area contributed by atoms with E-state index >= 15 is 0 Å². The van der Waals surface area contributed by atoms with Crippen molar-refractivity contribution in [3.8, 4) is 0 Å². The van der Waals surface area contributed by atoms with Gasteiger partial charge < -0.3 is 15.4 Å².